The van der Waals surface area contributed by atoms with Crippen LogP contribution in [0.4, 0.5) is 11.4 Å². The summed E-state index contributed by atoms with van der Waals surface area (Å²) < 4.78 is 5.31. The average Bonchev–Trinajstić information content (AvgIpc) is 2.67. The second-order valence-electron chi connectivity index (χ2n) is 6.04. The molecule has 0 aromatic heterocycles. The highest BCUT2D eigenvalue weighted by molar-refractivity contribution is 8.00. The van der Waals surface area contributed by atoms with Crippen LogP contribution in [-0.2, 0) is 9.53 Å². The Labute approximate surface area is 156 Å². The number of ether oxygens (including phenoxy) is 1. The van der Waals surface area contributed by atoms with Crippen LogP contribution in [0.15, 0.2) is 57.2 Å². The van der Waals surface area contributed by atoms with Gasteiger partial charge in [0.05, 0.1) is 30.3 Å². The molecular formula is C19H20N2O2S2. The molecule has 0 unspecified atom stereocenters. The van der Waals surface area contributed by atoms with Crippen molar-refractivity contribution in [3.05, 3.63) is 42.5 Å². The number of fused-ring (bicyclic) bond motifs is 2. The zero-order valence-electron chi connectivity index (χ0n) is 14.1. The molecule has 1 fully saturated rings. The first kappa shape index (κ1) is 16.8. The number of hydrogen-bond acceptors (Lipinski definition) is 5. The number of anilines is 2. The van der Waals surface area contributed by atoms with E-state index in [1.165, 1.54) is 21.2 Å². The molecule has 0 bridgehead atoms. The van der Waals surface area contributed by atoms with Crippen molar-refractivity contribution >= 4 is 40.8 Å². The summed E-state index contributed by atoms with van der Waals surface area (Å²) in [7, 11) is 2.10. The fourth-order valence-corrected chi connectivity index (χ4v) is 5.01. The van der Waals surface area contributed by atoms with Gasteiger partial charge in [-0.25, -0.2) is 0 Å². The molecule has 4 rings (SSSR count). The van der Waals surface area contributed by atoms with Gasteiger partial charge in [-0.1, -0.05) is 23.9 Å². The van der Waals surface area contributed by atoms with Crippen molar-refractivity contribution < 1.29 is 9.53 Å². The molecule has 0 N–H and O–H groups in total. The van der Waals surface area contributed by atoms with Gasteiger partial charge in [-0.3, -0.25) is 4.79 Å². The molecule has 0 aliphatic carbocycles. The maximum absolute atomic E-state index is 12.3. The summed E-state index contributed by atoms with van der Waals surface area (Å²) in [5.41, 5.74) is 2.43. The lowest BCUT2D eigenvalue weighted by Gasteiger charge is -2.30. The smallest absolute Gasteiger partial charge is 0.233 e. The molecule has 1 saturated heterocycles. The summed E-state index contributed by atoms with van der Waals surface area (Å²) in [6, 6.07) is 14.9. The predicted octanol–water partition coefficient (Wildman–Crippen LogP) is 3.87. The van der Waals surface area contributed by atoms with Crippen molar-refractivity contribution in [3.63, 3.8) is 0 Å². The number of nitrogens with zero attached hydrogens (tertiary/aromatic N) is 2. The third-order valence-electron chi connectivity index (χ3n) is 4.46. The van der Waals surface area contributed by atoms with E-state index in [1.807, 2.05) is 4.90 Å². The lowest BCUT2D eigenvalue weighted by atomic mass is 10.2. The number of morpholine rings is 1. The SMILES string of the molecule is CN1c2ccccc2Sc2ccc(SCC(=O)N3CCOCC3)cc21. The van der Waals surface area contributed by atoms with Crippen molar-refractivity contribution in [2.24, 2.45) is 0 Å². The summed E-state index contributed by atoms with van der Waals surface area (Å²) in [5, 5.41) is 0. The summed E-state index contributed by atoms with van der Waals surface area (Å²) in [4.78, 5) is 20.1. The Kier molecular flexibility index (Phi) is 4.92. The van der Waals surface area contributed by atoms with Gasteiger partial charge in [0, 0.05) is 34.8 Å². The Balaban J connectivity index is 1.47. The number of carbonyl (C=O) groups excluding carboxylic acids is 1. The normalized spacial score (nSPS) is 16.4. The van der Waals surface area contributed by atoms with Gasteiger partial charge in [0.2, 0.25) is 5.91 Å². The summed E-state index contributed by atoms with van der Waals surface area (Å²) in [6.07, 6.45) is 0. The maximum Gasteiger partial charge on any atom is 0.233 e. The number of carbonyl (C=O) groups is 1. The molecule has 130 valence electrons. The van der Waals surface area contributed by atoms with Gasteiger partial charge in [0.1, 0.15) is 0 Å². The average molecular weight is 373 g/mol. The van der Waals surface area contributed by atoms with Gasteiger partial charge in [0.15, 0.2) is 0 Å². The lowest BCUT2D eigenvalue weighted by Crippen LogP contribution is -2.41. The molecule has 2 aliphatic heterocycles. The number of rotatable bonds is 3. The van der Waals surface area contributed by atoms with Crippen LogP contribution in [0.3, 0.4) is 0 Å². The van der Waals surface area contributed by atoms with E-state index in [2.05, 4.69) is 54.4 Å². The van der Waals surface area contributed by atoms with E-state index in [9.17, 15) is 4.79 Å². The molecule has 2 aromatic rings. The van der Waals surface area contributed by atoms with Crippen molar-refractivity contribution in [2.75, 3.05) is 44.0 Å². The van der Waals surface area contributed by atoms with Gasteiger partial charge in [0.25, 0.3) is 0 Å². The summed E-state index contributed by atoms with van der Waals surface area (Å²) >= 11 is 3.41. The minimum Gasteiger partial charge on any atom is -0.378 e. The minimum atomic E-state index is 0.194. The Morgan fingerprint density at radius 1 is 1.12 bits per heavy atom. The fraction of sp³-hybridized carbons (Fsp3) is 0.316. The Bertz CT molecular complexity index is 791. The molecule has 0 atom stereocenters. The van der Waals surface area contributed by atoms with Crippen LogP contribution in [0.25, 0.3) is 0 Å². The second kappa shape index (κ2) is 7.32. The monoisotopic (exact) mass is 372 g/mol. The van der Waals surface area contributed by atoms with E-state index in [0.717, 1.165) is 4.90 Å². The van der Waals surface area contributed by atoms with Crippen molar-refractivity contribution in [3.8, 4) is 0 Å². The Morgan fingerprint density at radius 2 is 1.88 bits per heavy atom. The minimum absolute atomic E-state index is 0.194. The van der Waals surface area contributed by atoms with E-state index in [-0.39, 0.29) is 5.91 Å². The van der Waals surface area contributed by atoms with Crippen LogP contribution in [0.2, 0.25) is 0 Å². The summed E-state index contributed by atoms with van der Waals surface area (Å²) in [5.74, 6) is 0.672. The van der Waals surface area contributed by atoms with Crippen LogP contribution in [0.1, 0.15) is 0 Å². The van der Waals surface area contributed by atoms with E-state index in [1.54, 1.807) is 23.5 Å². The molecule has 0 saturated carbocycles. The Hall–Kier alpha value is -1.63. The number of benzene rings is 2. The zero-order chi connectivity index (χ0) is 17.2. The molecule has 0 spiro atoms. The molecule has 2 aliphatic rings. The highest BCUT2D eigenvalue weighted by Crippen LogP contribution is 2.48. The van der Waals surface area contributed by atoms with Crippen LogP contribution in [0.5, 0.6) is 0 Å². The largest absolute Gasteiger partial charge is 0.378 e. The van der Waals surface area contributed by atoms with Crippen molar-refractivity contribution in [1.29, 1.82) is 0 Å². The second-order valence-corrected chi connectivity index (χ2v) is 8.17. The molecular weight excluding hydrogens is 352 g/mol. The van der Waals surface area contributed by atoms with E-state index < -0.39 is 0 Å². The quantitative estimate of drug-likeness (QED) is 0.764. The van der Waals surface area contributed by atoms with E-state index in [0.29, 0.717) is 32.1 Å². The maximum atomic E-state index is 12.3. The molecule has 25 heavy (non-hydrogen) atoms. The van der Waals surface area contributed by atoms with Gasteiger partial charge < -0.3 is 14.5 Å². The molecule has 1 amide bonds. The number of amides is 1. The van der Waals surface area contributed by atoms with Gasteiger partial charge >= 0.3 is 0 Å². The van der Waals surface area contributed by atoms with Crippen molar-refractivity contribution in [2.45, 2.75) is 14.7 Å². The fourth-order valence-electron chi connectivity index (χ4n) is 3.05. The number of hydrogen-bond donors (Lipinski definition) is 0. The Morgan fingerprint density at radius 3 is 2.72 bits per heavy atom. The molecule has 0 radical (unpaired) electrons. The van der Waals surface area contributed by atoms with Crippen molar-refractivity contribution in [1.82, 2.24) is 4.90 Å². The van der Waals surface area contributed by atoms with Crippen LogP contribution in [0, 0.1) is 0 Å². The van der Waals surface area contributed by atoms with Gasteiger partial charge in [-0.05, 0) is 30.3 Å². The topological polar surface area (TPSA) is 32.8 Å². The van der Waals surface area contributed by atoms with Crippen LogP contribution >= 0.6 is 23.5 Å². The zero-order valence-corrected chi connectivity index (χ0v) is 15.7. The first-order valence-corrected chi connectivity index (χ1v) is 10.2. The molecule has 6 heteroatoms. The van der Waals surface area contributed by atoms with Crippen LogP contribution < -0.4 is 4.90 Å². The lowest BCUT2D eigenvalue weighted by molar-refractivity contribution is -0.132. The van der Waals surface area contributed by atoms with Crippen LogP contribution in [-0.4, -0.2) is 49.9 Å². The number of para-hydroxylation sites is 1. The predicted molar refractivity (Wildman–Crippen MR) is 103 cm³/mol. The third-order valence-corrected chi connectivity index (χ3v) is 6.57. The molecule has 4 nitrogen and oxygen atoms in total. The highest BCUT2D eigenvalue weighted by atomic mass is 32.2. The first-order valence-electron chi connectivity index (χ1n) is 8.35. The number of thioether (sulfide) groups is 1. The molecule has 2 aromatic carbocycles. The first-order chi connectivity index (χ1) is 12.2. The van der Waals surface area contributed by atoms with Gasteiger partial charge in [-0.2, -0.15) is 0 Å². The standard InChI is InChI=1S/C19H20N2O2S2/c1-20-15-4-2-3-5-17(15)25-18-7-6-14(12-16(18)20)24-13-19(22)21-8-10-23-11-9-21/h2-7,12H,8-11,13H2,1H3. The van der Waals surface area contributed by atoms with E-state index >= 15 is 0 Å². The summed E-state index contributed by atoms with van der Waals surface area (Å²) in [6.45, 7) is 2.72. The molecule has 2 heterocycles. The van der Waals surface area contributed by atoms with E-state index in [4.69, 9.17) is 4.74 Å². The highest BCUT2D eigenvalue weighted by Gasteiger charge is 2.21. The van der Waals surface area contributed by atoms with Gasteiger partial charge in [-0.15, -0.1) is 11.8 Å². The third kappa shape index (κ3) is 3.52.